The van der Waals surface area contributed by atoms with Crippen molar-refractivity contribution >= 4 is 11.8 Å². The van der Waals surface area contributed by atoms with E-state index in [0.717, 1.165) is 36.5 Å². The number of nitrogens with zero attached hydrogens (tertiary/aromatic N) is 3. The van der Waals surface area contributed by atoms with Gasteiger partial charge in [-0.15, -0.1) is 0 Å². The van der Waals surface area contributed by atoms with E-state index in [1.165, 1.54) is 5.56 Å². The summed E-state index contributed by atoms with van der Waals surface area (Å²) < 4.78 is 0. The molecule has 2 N–H and O–H groups in total. The Morgan fingerprint density at radius 1 is 1.17 bits per heavy atom. The molecule has 0 fully saturated rings. The first-order valence-electron chi connectivity index (χ1n) is 6.18. The molecule has 0 saturated carbocycles. The quantitative estimate of drug-likeness (QED) is 0.829. The van der Waals surface area contributed by atoms with Gasteiger partial charge in [0.15, 0.2) is 0 Å². The molecule has 92 valence electrons. The average molecular weight is 240 g/mol. The molecule has 1 aromatic carbocycles. The van der Waals surface area contributed by atoms with E-state index in [4.69, 9.17) is 5.73 Å². The first kappa shape index (κ1) is 11.0. The Bertz CT molecular complexity index is 566. The van der Waals surface area contributed by atoms with Crippen LogP contribution in [0.5, 0.6) is 0 Å². The first-order chi connectivity index (χ1) is 8.75. The van der Waals surface area contributed by atoms with Crippen LogP contribution < -0.4 is 10.6 Å². The van der Waals surface area contributed by atoms with Crippen LogP contribution in [-0.4, -0.2) is 23.6 Å². The van der Waals surface area contributed by atoms with Gasteiger partial charge in [-0.2, -0.15) is 4.98 Å². The number of anilines is 2. The van der Waals surface area contributed by atoms with E-state index in [0.29, 0.717) is 5.95 Å². The van der Waals surface area contributed by atoms with Crippen LogP contribution in [0.2, 0.25) is 0 Å². The minimum Gasteiger partial charge on any atom is -0.368 e. The van der Waals surface area contributed by atoms with Crippen LogP contribution in [0.15, 0.2) is 30.3 Å². The molecule has 0 radical (unpaired) electrons. The van der Waals surface area contributed by atoms with Crippen LogP contribution in [0.4, 0.5) is 11.8 Å². The van der Waals surface area contributed by atoms with Gasteiger partial charge in [0.2, 0.25) is 5.95 Å². The highest BCUT2D eigenvalue weighted by molar-refractivity contribution is 5.71. The molecule has 2 aromatic rings. The summed E-state index contributed by atoms with van der Waals surface area (Å²) in [5, 5.41) is 0. The molecule has 3 rings (SSSR count). The van der Waals surface area contributed by atoms with Crippen molar-refractivity contribution in [3.8, 4) is 11.3 Å². The number of hydrogen-bond donors (Lipinski definition) is 1. The Morgan fingerprint density at radius 2 is 1.94 bits per heavy atom. The molecule has 4 nitrogen and oxygen atoms in total. The number of aromatic nitrogens is 2. The lowest BCUT2D eigenvalue weighted by Crippen LogP contribution is -2.27. The zero-order valence-corrected chi connectivity index (χ0v) is 10.4. The Kier molecular flexibility index (Phi) is 2.63. The summed E-state index contributed by atoms with van der Waals surface area (Å²) in [7, 11) is 2.05. The van der Waals surface area contributed by atoms with Crippen molar-refractivity contribution in [2.45, 2.75) is 12.8 Å². The third kappa shape index (κ3) is 1.79. The van der Waals surface area contributed by atoms with Crippen LogP contribution >= 0.6 is 0 Å². The monoisotopic (exact) mass is 240 g/mol. The van der Waals surface area contributed by atoms with Crippen molar-refractivity contribution in [1.29, 1.82) is 0 Å². The molecular formula is C14H16N4. The van der Waals surface area contributed by atoms with E-state index < -0.39 is 0 Å². The molecule has 0 spiro atoms. The fourth-order valence-corrected chi connectivity index (χ4v) is 2.47. The summed E-state index contributed by atoms with van der Waals surface area (Å²) in [6.45, 7) is 1.03. The summed E-state index contributed by atoms with van der Waals surface area (Å²) >= 11 is 0. The van der Waals surface area contributed by atoms with Gasteiger partial charge in [0.1, 0.15) is 5.82 Å². The highest BCUT2D eigenvalue weighted by atomic mass is 15.2. The number of nitrogen functional groups attached to an aromatic ring is 1. The van der Waals surface area contributed by atoms with Crippen LogP contribution in [0.1, 0.15) is 12.0 Å². The Labute approximate surface area is 106 Å². The molecule has 18 heavy (non-hydrogen) atoms. The van der Waals surface area contributed by atoms with Gasteiger partial charge < -0.3 is 10.6 Å². The molecule has 4 heteroatoms. The molecule has 0 aliphatic carbocycles. The van der Waals surface area contributed by atoms with Crippen LogP contribution in [0, 0.1) is 0 Å². The molecular weight excluding hydrogens is 224 g/mol. The third-order valence-corrected chi connectivity index (χ3v) is 3.33. The second-order valence-electron chi connectivity index (χ2n) is 4.62. The third-order valence-electron chi connectivity index (χ3n) is 3.33. The minimum absolute atomic E-state index is 0.348. The first-order valence-corrected chi connectivity index (χ1v) is 6.18. The molecule has 0 bridgehead atoms. The van der Waals surface area contributed by atoms with Gasteiger partial charge in [0.05, 0.1) is 5.69 Å². The van der Waals surface area contributed by atoms with E-state index in [2.05, 4.69) is 34.0 Å². The average Bonchev–Trinajstić information content (AvgIpc) is 2.40. The molecule has 0 atom stereocenters. The molecule has 0 unspecified atom stereocenters. The van der Waals surface area contributed by atoms with Gasteiger partial charge in [-0.25, -0.2) is 4.98 Å². The van der Waals surface area contributed by atoms with E-state index in [1.807, 2.05) is 18.2 Å². The van der Waals surface area contributed by atoms with Crippen molar-refractivity contribution < 1.29 is 0 Å². The van der Waals surface area contributed by atoms with Gasteiger partial charge in [0.25, 0.3) is 0 Å². The number of hydrogen-bond acceptors (Lipinski definition) is 4. The molecule has 1 aliphatic heterocycles. The van der Waals surface area contributed by atoms with Gasteiger partial charge in [-0.05, 0) is 12.8 Å². The number of nitrogens with two attached hydrogens (primary N) is 1. The largest absolute Gasteiger partial charge is 0.368 e. The van der Waals surface area contributed by atoms with Crippen LogP contribution in [0.3, 0.4) is 0 Å². The number of benzene rings is 1. The van der Waals surface area contributed by atoms with Crippen molar-refractivity contribution in [3.63, 3.8) is 0 Å². The second kappa shape index (κ2) is 4.29. The Morgan fingerprint density at radius 3 is 2.72 bits per heavy atom. The number of rotatable bonds is 1. The van der Waals surface area contributed by atoms with Gasteiger partial charge in [0, 0.05) is 24.7 Å². The topological polar surface area (TPSA) is 55.0 Å². The van der Waals surface area contributed by atoms with Gasteiger partial charge in [-0.1, -0.05) is 30.3 Å². The van der Waals surface area contributed by atoms with Crippen molar-refractivity contribution in [2.75, 3.05) is 24.2 Å². The summed E-state index contributed by atoms with van der Waals surface area (Å²) in [5.41, 5.74) is 9.13. The molecule has 0 amide bonds. The minimum atomic E-state index is 0.348. The fourth-order valence-electron chi connectivity index (χ4n) is 2.47. The normalized spacial score (nSPS) is 14.4. The van der Waals surface area contributed by atoms with Crippen molar-refractivity contribution in [1.82, 2.24) is 9.97 Å². The van der Waals surface area contributed by atoms with E-state index in [9.17, 15) is 0 Å². The molecule has 0 saturated heterocycles. The molecule has 2 heterocycles. The maximum absolute atomic E-state index is 5.83. The maximum atomic E-state index is 5.83. The predicted molar refractivity (Wildman–Crippen MR) is 73.5 cm³/mol. The second-order valence-corrected chi connectivity index (χ2v) is 4.62. The lowest BCUT2D eigenvalue weighted by Gasteiger charge is -2.27. The van der Waals surface area contributed by atoms with Gasteiger partial charge in [-0.3, -0.25) is 0 Å². The van der Waals surface area contributed by atoms with Gasteiger partial charge >= 0.3 is 0 Å². The Hall–Kier alpha value is -2.10. The Balaban J connectivity index is 2.21. The standard InChI is InChI=1S/C14H16N4/c1-18-9-5-8-11-12(10-6-3-2-4-7-10)16-14(15)17-13(11)18/h2-4,6-7H,5,8-9H2,1H3,(H2,15,16,17). The maximum Gasteiger partial charge on any atom is 0.222 e. The van der Waals surface area contributed by atoms with E-state index in [1.54, 1.807) is 0 Å². The zero-order valence-electron chi connectivity index (χ0n) is 10.4. The smallest absolute Gasteiger partial charge is 0.222 e. The highest BCUT2D eigenvalue weighted by Crippen LogP contribution is 2.32. The van der Waals surface area contributed by atoms with E-state index in [-0.39, 0.29) is 0 Å². The lowest BCUT2D eigenvalue weighted by atomic mass is 9.99. The summed E-state index contributed by atoms with van der Waals surface area (Å²) in [4.78, 5) is 11.0. The predicted octanol–water partition coefficient (Wildman–Crippen LogP) is 2.11. The molecule has 1 aliphatic rings. The van der Waals surface area contributed by atoms with Crippen LogP contribution in [-0.2, 0) is 6.42 Å². The summed E-state index contributed by atoms with van der Waals surface area (Å²) in [6, 6.07) is 10.2. The lowest BCUT2D eigenvalue weighted by molar-refractivity contribution is 0.728. The summed E-state index contributed by atoms with van der Waals surface area (Å²) in [6.07, 6.45) is 2.15. The van der Waals surface area contributed by atoms with Crippen molar-refractivity contribution in [2.24, 2.45) is 0 Å². The zero-order chi connectivity index (χ0) is 12.5. The van der Waals surface area contributed by atoms with Crippen LogP contribution in [0.25, 0.3) is 11.3 Å². The SMILES string of the molecule is CN1CCCc2c(-c3ccccc3)nc(N)nc21. The van der Waals surface area contributed by atoms with E-state index >= 15 is 0 Å². The molecule has 1 aromatic heterocycles. The summed E-state index contributed by atoms with van der Waals surface area (Å²) in [5.74, 6) is 1.33. The highest BCUT2D eigenvalue weighted by Gasteiger charge is 2.21. The van der Waals surface area contributed by atoms with Crippen molar-refractivity contribution in [3.05, 3.63) is 35.9 Å². The fraction of sp³-hybridized carbons (Fsp3) is 0.286. The number of fused-ring (bicyclic) bond motifs is 1.